The summed E-state index contributed by atoms with van der Waals surface area (Å²) in [6.45, 7) is 4.44. The zero-order valence-electron chi connectivity index (χ0n) is 40.0. The zero-order chi connectivity index (χ0) is 47.2. The van der Waals surface area contributed by atoms with Gasteiger partial charge in [0, 0.05) is 12.8 Å². The van der Waals surface area contributed by atoms with E-state index in [0.29, 0.717) is 24.0 Å². The number of unbranched alkanes of at least 4 members (excludes halogenated alkanes) is 16. The molecule has 2 aromatic carbocycles. The topological polar surface area (TPSA) is 127 Å². The number of hydrogen-bond donors (Lipinski definition) is 2. The van der Waals surface area contributed by atoms with E-state index in [1.807, 2.05) is 0 Å². The number of benzene rings is 2. The Balaban J connectivity index is 1.93. The van der Waals surface area contributed by atoms with Crippen molar-refractivity contribution in [2.24, 2.45) is 0 Å². The summed E-state index contributed by atoms with van der Waals surface area (Å²) in [5, 5.41) is 20.5. The van der Waals surface area contributed by atoms with Crippen LogP contribution >= 0.6 is 0 Å². The van der Waals surface area contributed by atoms with Crippen molar-refractivity contribution in [3.05, 3.63) is 108 Å². The summed E-state index contributed by atoms with van der Waals surface area (Å²) in [5.41, 5.74) is 1.12. The summed E-state index contributed by atoms with van der Waals surface area (Å²) in [6.07, 6.45) is 45.7. The highest BCUT2D eigenvalue weighted by atomic mass is 16.5. The number of rotatable bonds is 39. The summed E-state index contributed by atoms with van der Waals surface area (Å²) in [7, 11) is 1.43. The summed E-state index contributed by atoms with van der Waals surface area (Å²) in [5.74, 6) is -1.43. The third-order valence-electron chi connectivity index (χ3n) is 11.0. The van der Waals surface area contributed by atoms with Crippen LogP contribution in [0.2, 0.25) is 0 Å². The van der Waals surface area contributed by atoms with Crippen molar-refractivity contribution in [3.63, 3.8) is 0 Å². The van der Waals surface area contributed by atoms with E-state index < -0.39 is 17.7 Å². The van der Waals surface area contributed by atoms with E-state index in [-0.39, 0.29) is 53.8 Å². The first-order valence-electron chi connectivity index (χ1n) is 24.6. The molecule has 8 nitrogen and oxygen atoms in total. The number of aromatic hydroxyl groups is 2. The molecule has 0 atom stereocenters. The molecule has 0 saturated heterocycles. The van der Waals surface area contributed by atoms with Gasteiger partial charge in [0.1, 0.15) is 0 Å². The first-order valence-corrected chi connectivity index (χ1v) is 24.6. The van der Waals surface area contributed by atoms with Gasteiger partial charge in [-0.25, -0.2) is 0 Å². The van der Waals surface area contributed by atoms with Crippen molar-refractivity contribution in [2.75, 3.05) is 7.11 Å². The maximum atomic E-state index is 13.6. The van der Waals surface area contributed by atoms with Gasteiger partial charge in [-0.05, 0) is 125 Å². The third-order valence-corrected chi connectivity index (χ3v) is 11.0. The van der Waals surface area contributed by atoms with Crippen molar-refractivity contribution < 1.29 is 38.9 Å². The predicted octanol–water partition coefficient (Wildman–Crippen LogP) is 14.9. The van der Waals surface area contributed by atoms with Crippen LogP contribution in [-0.4, -0.2) is 46.6 Å². The van der Waals surface area contributed by atoms with Crippen LogP contribution in [0, 0.1) is 0 Å². The van der Waals surface area contributed by atoms with Gasteiger partial charge in [0.2, 0.25) is 6.10 Å². The van der Waals surface area contributed by atoms with E-state index in [1.165, 1.54) is 88.1 Å². The highest BCUT2D eigenvalue weighted by molar-refractivity contribution is 6.11. The lowest BCUT2D eigenvalue weighted by molar-refractivity contribution is -0.137. The lowest BCUT2D eigenvalue weighted by atomic mass is 9.99. The van der Waals surface area contributed by atoms with Crippen LogP contribution in [-0.2, 0) is 19.2 Å². The number of ketones is 4. The van der Waals surface area contributed by atoms with Crippen molar-refractivity contribution in [1.29, 1.82) is 0 Å². The van der Waals surface area contributed by atoms with Crippen LogP contribution < -0.4 is 9.47 Å². The Hall–Kier alpha value is -5.24. The van der Waals surface area contributed by atoms with E-state index in [4.69, 9.17) is 9.47 Å². The van der Waals surface area contributed by atoms with Crippen LogP contribution in [0.15, 0.2) is 97.2 Å². The van der Waals surface area contributed by atoms with E-state index >= 15 is 0 Å². The molecule has 0 unspecified atom stereocenters. The number of methoxy groups -OCH3 is 1. The van der Waals surface area contributed by atoms with Gasteiger partial charge in [-0.15, -0.1) is 0 Å². The number of carbonyl (C=O) groups excluding carboxylic acids is 4. The number of carbonyl (C=O) groups is 4. The Bertz CT molecular complexity index is 1790. The number of ether oxygens (including phenoxy) is 2. The molecule has 2 rings (SSSR count). The molecular formula is C57H80O8. The second kappa shape index (κ2) is 37.0. The minimum absolute atomic E-state index is 0.0188. The second-order valence-corrected chi connectivity index (χ2v) is 16.8. The maximum absolute atomic E-state index is 13.6. The SMILES string of the molecule is CCCCC/C=C\C/C=C\CCCCCCCC(=O)C(Oc1cc(/C=C/C(=O)CC(=O)/C=C/c2ccc(O)c(OC)c2)ccc1O)C(=O)CCCCCCC/C=C\C/C=C\CCCCC. The lowest BCUT2D eigenvalue weighted by Crippen LogP contribution is -2.35. The first kappa shape index (κ1) is 55.9. The fourth-order valence-corrected chi connectivity index (χ4v) is 7.12. The smallest absolute Gasteiger partial charge is 0.214 e. The van der Waals surface area contributed by atoms with Crippen LogP contribution in [0.4, 0.5) is 0 Å². The maximum Gasteiger partial charge on any atom is 0.214 e. The van der Waals surface area contributed by atoms with E-state index in [0.717, 1.165) is 89.9 Å². The Labute approximate surface area is 391 Å². The van der Waals surface area contributed by atoms with E-state index in [9.17, 15) is 29.4 Å². The molecule has 0 fully saturated rings. The second-order valence-electron chi connectivity index (χ2n) is 16.8. The number of allylic oxidation sites excluding steroid dienone is 10. The molecule has 0 aliphatic rings. The molecule has 65 heavy (non-hydrogen) atoms. The fourth-order valence-electron chi connectivity index (χ4n) is 7.12. The Morgan fingerprint density at radius 1 is 0.508 bits per heavy atom. The minimum atomic E-state index is -1.34. The molecule has 0 aliphatic carbocycles. The number of Topliss-reactive ketones (excluding diaryl/α,β-unsaturated/α-hetero) is 2. The van der Waals surface area contributed by atoms with Gasteiger partial charge in [0.15, 0.2) is 46.1 Å². The lowest BCUT2D eigenvalue weighted by Gasteiger charge is -2.18. The molecule has 2 N–H and O–H groups in total. The van der Waals surface area contributed by atoms with Crippen LogP contribution in [0.5, 0.6) is 23.0 Å². The van der Waals surface area contributed by atoms with Gasteiger partial charge in [-0.2, -0.15) is 0 Å². The fraction of sp³-hybridized carbons (Fsp3) is 0.509. The summed E-state index contributed by atoms with van der Waals surface area (Å²) in [4.78, 5) is 52.4. The van der Waals surface area contributed by atoms with Crippen molar-refractivity contribution >= 4 is 35.3 Å². The Kier molecular flexibility index (Phi) is 31.8. The van der Waals surface area contributed by atoms with Crippen molar-refractivity contribution in [2.45, 2.75) is 180 Å². The molecule has 0 aromatic heterocycles. The molecule has 8 heteroatoms. The molecule has 0 aliphatic heterocycles. The molecule has 0 radical (unpaired) electrons. The van der Waals surface area contributed by atoms with E-state index in [2.05, 4.69) is 62.5 Å². The molecule has 2 aromatic rings. The summed E-state index contributed by atoms with van der Waals surface area (Å²) < 4.78 is 11.1. The van der Waals surface area contributed by atoms with Gasteiger partial charge in [-0.3, -0.25) is 19.2 Å². The van der Waals surface area contributed by atoms with Gasteiger partial charge in [0.25, 0.3) is 0 Å². The molecular weight excluding hydrogens is 813 g/mol. The van der Waals surface area contributed by atoms with Gasteiger partial charge >= 0.3 is 0 Å². The van der Waals surface area contributed by atoms with Gasteiger partial charge in [-0.1, -0.05) is 151 Å². The highest BCUT2D eigenvalue weighted by Gasteiger charge is 2.28. The molecule has 0 bridgehead atoms. The molecule has 356 valence electrons. The predicted molar refractivity (Wildman–Crippen MR) is 269 cm³/mol. The minimum Gasteiger partial charge on any atom is -0.504 e. The molecule has 0 amide bonds. The third kappa shape index (κ3) is 27.6. The van der Waals surface area contributed by atoms with Crippen LogP contribution in [0.1, 0.15) is 185 Å². The van der Waals surface area contributed by atoms with Gasteiger partial charge < -0.3 is 19.7 Å². The normalized spacial score (nSPS) is 12.1. The zero-order valence-corrected chi connectivity index (χ0v) is 40.0. The highest BCUT2D eigenvalue weighted by Crippen LogP contribution is 2.30. The standard InChI is InChI=1S/C57H80O8/c1-4-6-8-10-12-14-16-18-20-22-24-26-28-30-32-34-53(62)57(54(63)35-33-31-29-27-25-23-21-19-17-15-13-11-9-7-5-2)65-56-45-48(39-43-52(56)61)37-41-50(59)46-49(58)40-36-47-38-42-51(60)55(44-47)64-3/h12-15,18-21,36-45,57,60-61H,4-11,16-17,22-35,46H2,1-3H3/b14-12-,15-13-,20-18-,21-19-,40-36+,41-37+. The van der Waals surface area contributed by atoms with Crippen molar-refractivity contribution in [1.82, 2.24) is 0 Å². The molecule has 0 heterocycles. The average Bonchev–Trinajstić information content (AvgIpc) is 3.30. The van der Waals surface area contributed by atoms with Crippen LogP contribution in [0.25, 0.3) is 12.2 Å². The Morgan fingerprint density at radius 2 is 0.892 bits per heavy atom. The van der Waals surface area contributed by atoms with Crippen molar-refractivity contribution in [3.8, 4) is 23.0 Å². The average molecular weight is 893 g/mol. The largest absolute Gasteiger partial charge is 0.504 e. The quantitative estimate of drug-likeness (QED) is 0.0294. The summed E-state index contributed by atoms with van der Waals surface area (Å²) in [6, 6.07) is 9.12. The first-order chi connectivity index (χ1) is 31.7. The van der Waals surface area contributed by atoms with Crippen LogP contribution in [0.3, 0.4) is 0 Å². The monoisotopic (exact) mass is 893 g/mol. The molecule has 0 saturated carbocycles. The van der Waals surface area contributed by atoms with E-state index in [1.54, 1.807) is 18.2 Å². The summed E-state index contributed by atoms with van der Waals surface area (Å²) >= 11 is 0. The Morgan fingerprint density at radius 3 is 1.32 bits per heavy atom. The molecule has 0 spiro atoms. The number of hydrogen-bond acceptors (Lipinski definition) is 8. The number of phenolic OH excluding ortho intramolecular Hbond substituents is 2. The number of phenols is 2. The van der Waals surface area contributed by atoms with Gasteiger partial charge in [0.05, 0.1) is 13.5 Å².